The fourth-order valence-electron chi connectivity index (χ4n) is 3.72. The second-order valence-corrected chi connectivity index (χ2v) is 7.58. The first kappa shape index (κ1) is 16.2. The van der Waals surface area contributed by atoms with E-state index in [1.165, 1.54) is 5.56 Å². The summed E-state index contributed by atoms with van der Waals surface area (Å²) >= 11 is 1.66. The molecule has 0 amide bonds. The van der Waals surface area contributed by atoms with Gasteiger partial charge in [-0.1, -0.05) is 36.4 Å². The summed E-state index contributed by atoms with van der Waals surface area (Å²) < 4.78 is 1.14. The Kier molecular flexibility index (Phi) is 4.27. The van der Waals surface area contributed by atoms with Gasteiger partial charge in [0.15, 0.2) is 0 Å². The summed E-state index contributed by atoms with van der Waals surface area (Å²) in [5.74, 6) is -0.739. The maximum absolute atomic E-state index is 11.8. The lowest BCUT2D eigenvalue weighted by Crippen LogP contribution is -2.39. The van der Waals surface area contributed by atoms with Gasteiger partial charge in [-0.25, -0.2) is 4.98 Å². The van der Waals surface area contributed by atoms with Crippen molar-refractivity contribution >= 4 is 27.5 Å². The minimum Gasteiger partial charge on any atom is -0.480 e. The second kappa shape index (κ2) is 6.58. The predicted octanol–water partition coefficient (Wildman–Crippen LogP) is 4.24. The first-order valence-electron chi connectivity index (χ1n) is 8.54. The van der Waals surface area contributed by atoms with Crippen LogP contribution < -0.4 is 0 Å². The lowest BCUT2D eigenvalue weighted by atomic mass is 9.99. The van der Waals surface area contributed by atoms with Gasteiger partial charge in [-0.2, -0.15) is 0 Å². The summed E-state index contributed by atoms with van der Waals surface area (Å²) in [4.78, 5) is 18.7. The summed E-state index contributed by atoms with van der Waals surface area (Å²) in [6.07, 6.45) is 1.60. The Morgan fingerprint density at radius 2 is 2.00 bits per heavy atom. The number of benzene rings is 2. The molecule has 2 unspecified atom stereocenters. The Balaban J connectivity index is 1.86. The van der Waals surface area contributed by atoms with Gasteiger partial charge in [0.1, 0.15) is 11.0 Å². The molecule has 25 heavy (non-hydrogen) atoms. The van der Waals surface area contributed by atoms with Crippen LogP contribution in [0.3, 0.4) is 0 Å². The number of aliphatic carboxylic acids is 1. The lowest BCUT2D eigenvalue weighted by molar-refractivity contribution is -0.142. The molecule has 1 aliphatic heterocycles. The van der Waals surface area contributed by atoms with Crippen LogP contribution in [0.2, 0.25) is 0 Å². The van der Waals surface area contributed by atoms with E-state index in [9.17, 15) is 9.90 Å². The molecular weight excluding hydrogens is 332 g/mol. The zero-order chi connectivity index (χ0) is 17.4. The molecule has 2 heterocycles. The Bertz CT molecular complexity index is 888. The summed E-state index contributed by atoms with van der Waals surface area (Å²) in [7, 11) is 0. The number of carbonyl (C=O) groups is 1. The van der Waals surface area contributed by atoms with E-state index in [1.54, 1.807) is 11.3 Å². The van der Waals surface area contributed by atoms with Crippen molar-refractivity contribution in [1.29, 1.82) is 0 Å². The first-order valence-corrected chi connectivity index (χ1v) is 9.36. The molecule has 0 radical (unpaired) electrons. The number of hydrogen-bond donors (Lipinski definition) is 1. The van der Waals surface area contributed by atoms with Crippen molar-refractivity contribution in [3.8, 4) is 0 Å². The van der Waals surface area contributed by atoms with Crippen molar-refractivity contribution in [1.82, 2.24) is 9.88 Å². The highest BCUT2D eigenvalue weighted by atomic mass is 32.1. The van der Waals surface area contributed by atoms with E-state index in [2.05, 4.69) is 30.0 Å². The maximum atomic E-state index is 11.8. The van der Waals surface area contributed by atoms with Crippen LogP contribution in [-0.4, -0.2) is 33.5 Å². The van der Waals surface area contributed by atoms with E-state index in [4.69, 9.17) is 4.98 Å². The molecule has 0 saturated carbocycles. The first-order chi connectivity index (χ1) is 12.1. The molecular formula is C20H20N2O2S. The molecule has 2 atom stereocenters. The van der Waals surface area contributed by atoms with Crippen LogP contribution in [-0.2, 0) is 4.79 Å². The van der Waals surface area contributed by atoms with Gasteiger partial charge in [-0.3, -0.25) is 9.69 Å². The number of nitrogens with zero attached hydrogens (tertiary/aromatic N) is 2. The van der Waals surface area contributed by atoms with Gasteiger partial charge in [-0.15, -0.1) is 11.3 Å². The molecule has 0 spiro atoms. The van der Waals surface area contributed by atoms with Crippen LogP contribution in [0.15, 0.2) is 48.5 Å². The Hall–Kier alpha value is -2.24. The van der Waals surface area contributed by atoms with Crippen LogP contribution >= 0.6 is 11.3 Å². The molecule has 1 aromatic heterocycles. The Morgan fingerprint density at radius 1 is 1.24 bits per heavy atom. The van der Waals surface area contributed by atoms with E-state index < -0.39 is 12.0 Å². The van der Waals surface area contributed by atoms with E-state index in [1.807, 2.05) is 30.3 Å². The highest BCUT2D eigenvalue weighted by Crippen LogP contribution is 2.39. The number of carboxylic acids is 1. The lowest BCUT2D eigenvalue weighted by Gasteiger charge is -2.31. The molecule has 2 aromatic carbocycles. The topological polar surface area (TPSA) is 53.4 Å². The maximum Gasteiger partial charge on any atom is 0.320 e. The molecule has 1 saturated heterocycles. The van der Waals surface area contributed by atoms with Gasteiger partial charge in [0.05, 0.1) is 16.3 Å². The van der Waals surface area contributed by atoms with Crippen molar-refractivity contribution in [3.05, 3.63) is 64.7 Å². The number of aryl methyl sites for hydroxylation is 1. The van der Waals surface area contributed by atoms with Gasteiger partial charge in [-0.05, 0) is 43.0 Å². The molecule has 128 valence electrons. The minimum atomic E-state index is -0.739. The number of carboxylic acid groups (broad SMARTS) is 1. The Labute approximate surface area is 150 Å². The fraction of sp³-hybridized carbons (Fsp3) is 0.300. The number of rotatable bonds is 4. The minimum absolute atomic E-state index is 0.109. The largest absolute Gasteiger partial charge is 0.480 e. The van der Waals surface area contributed by atoms with Crippen molar-refractivity contribution < 1.29 is 9.90 Å². The number of hydrogen-bond acceptors (Lipinski definition) is 4. The fourth-order valence-corrected chi connectivity index (χ4v) is 4.83. The number of aromatic nitrogens is 1. The van der Waals surface area contributed by atoms with Crippen LogP contribution in [0.5, 0.6) is 0 Å². The van der Waals surface area contributed by atoms with E-state index in [0.29, 0.717) is 6.42 Å². The van der Waals surface area contributed by atoms with Gasteiger partial charge >= 0.3 is 5.97 Å². The average molecular weight is 352 g/mol. The van der Waals surface area contributed by atoms with Crippen LogP contribution in [0.25, 0.3) is 10.2 Å². The monoisotopic (exact) mass is 352 g/mol. The van der Waals surface area contributed by atoms with Gasteiger partial charge in [0.2, 0.25) is 0 Å². The molecule has 5 heteroatoms. The SMILES string of the molecule is Cc1ccccc1C(c1nc2ccccc2s1)N1CCCC1C(=O)O. The van der Waals surface area contributed by atoms with E-state index >= 15 is 0 Å². The number of thiazole rings is 1. The number of likely N-dealkylation sites (tertiary alicyclic amines) is 1. The van der Waals surface area contributed by atoms with Gasteiger partial charge in [0, 0.05) is 6.54 Å². The van der Waals surface area contributed by atoms with Crippen molar-refractivity contribution in [2.24, 2.45) is 0 Å². The second-order valence-electron chi connectivity index (χ2n) is 6.51. The third-order valence-electron chi connectivity index (χ3n) is 4.94. The molecule has 0 bridgehead atoms. The van der Waals surface area contributed by atoms with Crippen LogP contribution in [0, 0.1) is 6.92 Å². The quantitative estimate of drug-likeness (QED) is 0.763. The van der Waals surface area contributed by atoms with Crippen molar-refractivity contribution in [2.45, 2.75) is 31.8 Å². The van der Waals surface area contributed by atoms with Crippen LogP contribution in [0.4, 0.5) is 0 Å². The normalized spacial score (nSPS) is 19.3. The molecule has 4 rings (SSSR count). The molecule has 0 aliphatic carbocycles. The summed E-state index contributed by atoms with van der Waals surface area (Å²) in [6, 6.07) is 15.8. The van der Waals surface area contributed by atoms with Crippen LogP contribution in [0.1, 0.15) is 35.0 Å². The molecule has 1 fully saturated rings. The van der Waals surface area contributed by atoms with E-state index in [0.717, 1.165) is 33.8 Å². The summed E-state index contributed by atoms with van der Waals surface area (Å²) in [6.45, 7) is 2.87. The number of fused-ring (bicyclic) bond motifs is 1. The van der Waals surface area contributed by atoms with Gasteiger partial charge in [0.25, 0.3) is 0 Å². The van der Waals surface area contributed by atoms with E-state index in [-0.39, 0.29) is 6.04 Å². The molecule has 1 N–H and O–H groups in total. The predicted molar refractivity (Wildman–Crippen MR) is 100 cm³/mol. The summed E-state index contributed by atoms with van der Waals surface area (Å²) in [5, 5.41) is 10.7. The van der Waals surface area contributed by atoms with Crippen molar-refractivity contribution in [3.63, 3.8) is 0 Å². The smallest absolute Gasteiger partial charge is 0.320 e. The van der Waals surface area contributed by atoms with Crippen molar-refractivity contribution in [2.75, 3.05) is 6.54 Å². The highest BCUT2D eigenvalue weighted by molar-refractivity contribution is 7.18. The zero-order valence-corrected chi connectivity index (χ0v) is 14.9. The molecule has 4 nitrogen and oxygen atoms in total. The van der Waals surface area contributed by atoms with Gasteiger partial charge < -0.3 is 5.11 Å². The zero-order valence-electron chi connectivity index (χ0n) is 14.1. The third-order valence-corrected chi connectivity index (χ3v) is 6.03. The summed E-state index contributed by atoms with van der Waals surface area (Å²) in [5.41, 5.74) is 3.30. The standard InChI is InChI=1S/C20H20N2O2S/c1-13-7-2-3-8-14(13)18(22-12-6-10-16(22)20(23)24)19-21-15-9-4-5-11-17(15)25-19/h2-5,7-9,11,16,18H,6,10,12H2,1H3,(H,23,24). The average Bonchev–Trinajstić information content (AvgIpc) is 3.24. The Morgan fingerprint density at radius 3 is 2.76 bits per heavy atom. The molecule has 1 aliphatic rings. The molecule has 3 aromatic rings. The number of para-hydroxylation sites is 1. The third kappa shape index (κ3) is 2.94. The highest BCUT2D eigenvalue weighted by Gasteiger charge is 2.38.